The molecular weight excluding hydrogens is 487 g/mol. The lowest BCUT2D eigenvalue weighted by Gasteiger charge is -2.16. The molecule has 0 heterocycles. The normalized spacial score (nSPS) is 11.9. The number of hydrogen-bond acceptors (Lipinski definition) is 2. The van der Waals surface area contributed by atoms with E-state index in [1.807, 2.05) is 24.3 Å². The summed E-state index contributed by atoms with van der Waals surface area (Å²) < 4.78 is 0. The summed E-state index contributed by atoms with van der Waals surface area (Å²) in [5, 5.41) is 6.74. The third-order valence-corrected chi connectivity index (χ3v) is 4.86. The molecule has 0 bridgehead atoms. The first kappa shape index (κ1) is 25.9. The van der Waals surface area contributed by atoms with E-state index in [4.69, 9.17) is 4.99 Å². The van der Waals surface area contributed by atoms with Gasteiger partial charge in [-0.25, -0.2) is 0 Å². The molecule has 0 spiro atoms. The van der Waals surface area contributed by atoms with Crippen LogP contribution in [0.25, 0.3) is 0 Å². The Labute approximate surface area is 198 Å². The molecule has 2 aromatic rings. The van der Waals surface area contributed by atoms with Gasteiger partial charge in [0.25, 0.3) is 5.91 Å². The number of guanidine groups is 1. The Balaban J connectivity index is 0.00000450. The molecule has 0 fully saturated rings. The van der Waals surface area contributed by atoms with Gasteiger partial charge in [0.15, 0.2) is 5.96 Å². The van der Waals surface area contributed by atoms with Gasteiger partial charge in [0, 0.05) is 45.2 Å². The summed E-state index contributed by atoms with van der Waals surface area (Å²) in [6.45, 7) is 6.61. The van der Waals surface area contributed by atoms with E-state index in [1.54, 1.807) is 19.0 Å². The minimum Gasteiger partial charge on any atom is -0.357 e. The second kappa shape index (κ2) is 14.0. The molecule has 30 heavy (non-hydrogen) atoms. The van der Waals surface area contributed by atoms with Gasteiger partial charge in [-0.3, -0.25) is 9.79 Å². The first-order chi connectivity index (χ1) is 14.0. The van der Waals surface area contributed by atoms with Crippen LogP contribution >= 0.6 is 24.0 Å². The minimum absolute atomic E-state index is 0. The van der Waals surface area contributed by atoms with Gasteiger partial charge < -0.3 is 15.5 Å². The average Bonchev–Trinajstić information content (AvgIpc) is 2.74. The van der Waals surface area contributed by atoms with Crippen LogP contribution in [0.2, 0.25) is 0 Å². The van der Waals surface area contributed by atoms with E-state index in [-0.39, 0.29) is 29.9 Å². The van der Waals surface area contributed by atoms with Crippen molar-refractivity contribution in [3.05, 3.63) is 71.3 Å². The summed E-state index contributed by atoms with van der Waals surface area (Å²) in [4.78, 5) is 18.5. The number of amides is 1. The molecule has 5 nitrogen and oxygen atoms in total. The zero-order valence-corrected chi connectivity index (χ0v) is 20.9. The molecule has 1 amide bonds. The largest absolute Gasteiger partial charge is 0.357 e. The summed E-state index contributed by atoms with van der Waals surface area (Å²) >= 11 is 0. The van der Waals surface area contributed by atoms with E-state index >= 15 is 0 Å². The zero-order chi connectivity index (χ0) is 21.1. The first-order valence-electron chi connectivity index (χ1n) is 10.4. The molecule has 164 valence electrons. The molecule has 0 saturated heterocycles. The van der Waals surface area contributed by atoms with E-state index in [0.717, 1.165) is 49.6 Å². The highest BCUT2D eigenvalue weighted by Crippen LogP contribution is 2.19. The number of benzene rings is 2. The maximum atomic E-state index is 12.1. The van der Waals surface area contributed by atoms with Gasteiger partial charge in [-0.1, -0.05) is 49.4 Å². The van der Waals surface area contributed by atoms with Crippen molar-refractivity contribution in [2.24, 2.45) is 4.99 Å². The summed E-state index contributed by atoms with van der Waals surface area (Å²) in [7, 11) is 3.55. The van der Waals surface area contributed by atoms with Crippen molar-refractivity contribution >= 4 is 35.8 Å². The Bertz CT molecular complexity index is 793. The summed E-state index contributed by atoms with van der Waals surface area (Å²) in [5.41, 5.74) is 3.19. The lowest BCUT2D eigenvalue weighted by Crippen LogP contribution is -2.38. The van der Waals surface area contributed by atoms with Gasteiger partial charge in [-0.2, -0.15) is 0 Å². The Kier molecular flexibility index (Phi) is 12.1. The van der Waals surface area contributed by atoms with Crippen LogP contribution in [0.5, 0.6) is 0 Å². The monoisotopic (exact) mass is 522 g/mol. The molecule has 1 atom stereocenters. The van der Waals surface area contributed by atoms with Gasteiger partial charge in [0.05, 0.1) is 0 Å². The van der Waals surface area contributed by atoms with Crippen molar-refractivity contribution in [2.45, 2.75) is 32.6 Å². The summed E-state index contributed by atoms with van der Waals surface area (Å²) in [6, 6.07) is 18.4. The fraction of sp³-hybridized carbons (Fsp3) is 0.417. The summed E-state index contributed by atoms with van der Waals surface area (Å²) in [5.74, 6) is 1.28. The van der Waals surface area contributed by atoms with Crippen LogP contribution in [0.15, 0.2) is 59.6 Å². The van der Waals surface area contributed by atoms with Crippen molar-refractivity contribution < 1.29 is 4.79 Å². The lowest BCUT2D eigenvalue weighted by molar-refractivity contribution is 0.0827. The number of halogens is 1. The van der Waals surface area contributed by atoms with Crippen molar-refractivity contribution in [3.63, 3.8) is 0 Å². The van der Waals surface area contributed by atoms with Crippen molar-refractivity contribution in [1.29, 1.82) is 0 Å². The molecular formula is C24H35IN4O. The lowest BCUT2D eigenvalue weighted by atomic mass is 9.97. The van der Waals surface area contributed by atoms with Crippen LogP contribution in [0.4, 0.5) is 0 Å². The SMILES string of the molecule is CCNC(=NCC(CC)c1ccccc1)NCCc1cccc(C(=O)N(C)C)c1.I. The Morgan fingerprint density at radius 2 is 1.77 bits per heavy atom. The molecule has 0 aliphatic rings. The van der Waals surface area contributed by atoms with Crippen LogP contribution in [0, 0.1) is 0 Å². The van der Waals surface area contributed by atoms with Crippen LogP contribution < -0.4 is 10.6 Å². The van der Waals surface area contributed by atoms with Crippen LogP contribution in [-0.2, 0) is 6.42 Å². The topological polar surface area (TPSA) is 56.7 Å². The third-order valence-electron chi connectivity index (χ3n) is 4.86. The van der Waals surface area contributed by atoms with Gasteiger partial charge in [0.1, 0.15) is 0 Å². The Morgan fingerprint density at radius 1 is 1.03 bits per heavy atom. The number of nitrogens with one attached hydrogen (secondary N) is 2. The summed E-state index contributed by atoms with van der Waals surface area (Å²) in [6.07, 6.45) is 1.88. The van der Waals surface area contributed by atoms with E-state index in [0.29, 0.717) is 5.92 Å². The molecule has 0 saturated carbocycles. The van der Waals surface area contributed by atoms with Crippen molar-refractivity contribution in [2.75, 3.05) is 33.7 Å². The molecule has 6 heteroatoms. The second-order valence-electron chi connectivity index (χ2n) is 7.31. The Morgan fingerprint density at radius 3 is 2.40 bits per heavy atom. The average molecular weight is 522 g/mol. The van der Waals surface area contributed by atoms with Gasteiger partial charge >= 0.3 is 0 Å². The number of carbonyl (C=O) groups is 1. The standard InChI is InChI=1S/C24H34N4O.HI/c1-5-20(21-12-8-7-9-13-21)18-27-24(25-6-2)26-16-15-19-11-10-14-22(17-19)23(29)28(3)4;/h7-14,17,20H,5-6,15-16,18H2,1-4H3,(H2,25,26,27);1H. The van der Waals surface area contributed by atoms with Gasteiger partial charge in [-0.05, 0) is 43.0 Å². The maximum absolute atomic E-state index is 12.1. The molecule has 2 rings (SSSR count). The molecule has 0 aromatic heterocycles. The minimum atomic E-state index is 0. The number of nitrogens with zero attached hydrogens (tertiary/aromatic N) is 2. The Hall–Kier alpha value is -2.09. The molecule has 2 aromatic carbocycles. The van der Waals surface area contributed by atoms with Gasteiger partial charge in [-0.15, -0.1) is 24.0 Å². The van der Waals surface area contributed by atoms with E-state index in [9.17, 15) is 4.79 Å². The maximum Gasteiger partial charge on any atom is 0.253 e. The number of rotatable bonds is 9. The molecule has 0 radical (unpaired) electrons. The smallest absolute Gasteiger partial charge is 0.253 e. The third kappa shape index (κ3) is 8.34. The predicted molar refractivity (Wildman–Crippen MR) is 137 cm³/mol. The number of hydrogen-bond donors (Lipinski definition) is 2. The molecule has 0 aliphatic carbocycles. The van der Waals surface area contributed by atoms with Crippen LogP contribution in [-0.4, -0.2) is 50.5 Å². The fourth-order valence-electron chi connectivity index (χ4n) is 3.18. The van der Waals surface area contributed by atoms with Crippen molar-refractivity contribution in [1.82, 2.24) is 15.5 Å². The van der Waals surface area contributed by atoms with Crippen LogP contribution in [0.3, 0.4) is 0 Å². The number of aliphatic imine (C=N–C) groups is 1. The predicted octanol–water partition coefficient (Wildman–Crippen LogP) is 4.30. The van der Waals surface area contributed by atoms with Gasteiger partial charge in [0.2, 0.25) is 0 Å². The molecule has 0 aliphatic heterocycles. The molecule has 1 unspecified atom stereocenters. The first-order valence-corrected chi connectivity index (χ1v) is 10.4. The van der Waals surface area contributed by atoms with E-state index in [2.05, 4.69) is 54.8 Å². The van der Waals surface area contributed by atoms with Crippen LogP contribution in [0.1, 0.15) is 47.7 Å². The van der Waals surface area contributed by atoms with Crippen molar-refractivity contribution in [3.8, 4) is 0 Å². The highest BCUT2D eigenvalue weighted by atomic mass is 127. The molecule has 2 N–H and O–H groups in total. The fourth-order valence-corrected chi connectivity index (χ4v) is 3.18. The number of carbonyl (C=O) groups excluding carboxylic acids is 1. The van der Waals surface area contributed by atoms with E-state index < -0.39 is 0 Å². The second-order valence-corrected chi connectivity index (χ2v) is 7.31. The highest BCUT2D eigenvalue weighted by molar-refractivity contribution is 14.0. The quantitative estimate of drug-likeness (QED) is 0.294. The zero-order valence-electron chi connectivity index (χ0n) is 18.5. The highest BCUT2D eigenvalue weighted by Gasteiger charge is 2.10. The van der Waals surface area contributed by atoms with E-state index in [1.165, 1.54) is 5.56 Å².